The first kappa shape index (κ1) is 33.8. The van der Waals surface area contributed by atoms with Gasteiger partial charge in [-0.3, -0.25) is 9.59 Å². The molecular weight excluding hydrogens is 444 g/mol. The molecule has 208 valence electrons. The zero-order valence-electron chi connectivity index (χ0n) is 23.3. The van der Waals surface area contributed by atoms with Crippen LogP contribution in [0.1, 0.15) is 111 Å². The summed E-state index contributed by atoms with van der Waals surface area (Å²) in [5.41, 5.74) is 0. The number of hydrogen-bond donors (Lipinski definition) is 2. The van der Waals surface area contributed by atoms with Gasteiger partial charge in [-0.05, 0) is 44.9 Å². The van der Waals surface area contributed by atoms with Crippen LogP contribution in [0.25, 0.3) is 0 Å². The fourth-order valence-electron chi connectivity index (χ4n) is 3.94. The molecule has 7 nitrogen and oxygen atoms in total. The number of carbonyl (C=O) groups excluding carboxylic acids is 2. The van der Waals surface area contributed by atoms with E-state index in [2.05, 4.69) is 38.3 Å². The number of hydrogen-bond acceptors (Lipinski definition) is 5. The van der Waals surface area contributed by atoms with Crippen LogP contribution in [0.5, 0.6) is 0 Å². The van der Waals surface area contributed by atoms with Crippen LogP contribution in [0.2, 0.25) is 0 Å². The van der Waals surface area contributed by atoms with Crippen molar-refractivity contribution in [3.8, 4) is 0 Å². The van der Waals surface area contributed by atoms with Crippen LogP contribution >= 0.6 is 0 Å². The predicted octanol–water partition coefficient (Wildman–Crippen LogP) is 5.40. The first-order valence-electron chi connectivity index (χ1n) is 14.4. The Morgan fingerprint density at radius 2 is 1.29 bits per heavy atom. The van der Waals surface area contributed by atoms with Gasteiger partial charge in [0, 0.05) is 32.2 Å². The molecule has 0 spiro atoms. The van der Waals surface area contributed by atoms with Crippen molar-refractivity contribution in [3.05, 3.63) is 0 Å². The van der Waals surface area contributed by atoms with Gasteiger partial charge >= 0.3 is 0 Å². The first-order valence-corrected chi connectivity index (χ1v) is 14.4. The van der Waals surface area contributed by atoms with E-state index in [1.165, 1.54) is 32.1 Å². The lowest BCUT2D eigenvalue weighted by atomic mass is 10.00. The maximum Gasteiger partial charge on any atom is 0.246 e. The van der Waals surface area contributed by atoms with Gasteiger partial charge in [0.05, 0.1) is 19.3 Å². The normalized spacial score (nSPS) is 12.9. The van der Waals surface area contributed by atoms with Crippen LogP contribution in [0.3, 0.4) is 0 Å². The Labute approximate surface area is 215 Å². The summed E-state index contributed by atoms with van der Waals surface area (Å²) in [5.74, 6) is 0.212. The molecule has 0 aromatic heterocycles. The molecule has 0 rings (SSSR count). The third kappa shape index (κ3) is 21.8. The molecule has 0 aromatic carbocycles. The van der Waals surface area contributed by atoms with E-state index >= 15 is 0 Å². The highest BCUT2D eigenvalue weighted by atomic mass is 16.5. The van der Waals surface area contributed by atoms with Crippen molar-refractivity contribution in [2.45, 2.75) is 117 Å². The van der Waals surface area contributed by atoms with E-state index in [4.69, 9.17) is 14.2 Å². The molecule has 0 saturated heterocycles. The second-order valence-corrected chi connectivity index (χ2v) is 9.36. The van der Waals surface area contributed by atoms with Crippen LogP contribution in [0.15, 0.2) is 0 Å². The van der Waals surface area contributed by atoms with Gasteiger partial charge in [0.1, 0.15) is 6.61 Å². The van der Waals surface area contributed by atoms with Crippen molar-refractivity contribution >= 4 is 11.8 Å². The number of unbranched alkanes of at least 4 members (excludes halogenated alkanes) is 6. The van der Waals surface area contributed by atoms with Crippen molar-refractivity contribution < 1.29 is 23.8 Å². The van der Waals surface area contributed by atoms with Gasteiger partial charge in [0.25, 0.3) is 0 Å². The van der Waals surface area contributed by atoms with Gasteiger partial charge in [-0.2, -0.15) is 0 Å². The molecule has 0 aliphatic rings. The molecule has 35 heavy (non-hydrogen) atoms. The lowest BCUT2D eigenvalue weighted by Crippen LogP contribution is -2.33. The van der Waals surface area contributed by atoms with Crippen LogP contribution in [-0.2, 0) is 23.8 Å². The molecule has 0 saturated carbocycles. The summed E-state index contributed by atoms with van der Waals surface area (Å²) < 4.78 is 17.0. The minimum atomic E-state index is -0.0676. The van der Waals surface area contributed by atoms with Crippen LogP contribution in [0, 0.1) is 5.92 Å². The molecule has 0 aliphatic heterocycles. The van der Waals surface area contributed by atoms with Gasteiger partial charge in [-0.25, -0.2) is 0 Å². The Bertz CT molecular complexity index is 490. The van der Waals surface area contributed by atoms with Crippen molar-refractivity contribution in [3.63, 3.8) is 0 Å². The summed E-state index contributed by atoms with van der Waals surface area (Å²) in [6, 6.07) is 0. The molecule has 0 aromatic rings. The summed E-state index contributed by atoms with van der Waals surface area (Å²) >= 11 is 0. The summed E-state index contributed by atoms with van der Waals surface area (Å²) in [7, 11) is 0. The topological polar surface area (TPSA) is 85.9 Å². The lowest BCUT2D eigenvalue weighted by Gasteiger charge is -2.16. The van der Waals surface area contributed by atoms with E-state index in [0.29, 0.717) is 39.5 Å². The number of ether oxygens (including phenoxy) is 3. The average molecular weight is 501 g/mol. The Morgan fingerprint density at radius 3 is 1.89 bits per heavy atom. The standard InChI is InChI=1S/C28H56N2O5/c1-5-9-10-11-13-17-26(8-4)35-24-27(31)29-18-22-33-20-14-12-15-21-34-23-19-30-28(32)25(7-3)16-6-2/h25-26H,5-24H2,1-4H3,(H,29,31)(H,30,32). The van der Waals surface area contributed by atoms with Crippen molar-refractivity contribution in [1.29, 1.82) is 0 Å². The molecule has 0 bridgehead atoms. The molecule has 7 heteroatoms. The van der Waals surface area contributed by atoms with Gasteiger partial charge in [0.15, 0.2) is 0 Å². The monoisotopic (exact) mass is 500 g/mol. The van der Waals surface area contributed by atoms with Crippen LogP contribution in [0.4, 0.5) is 0 Å². The Hall–Kier alpha value is -1.18. The highest BCUT2D eigenvalue weighted by Crippen LogP contribution is 2.12. The molecule has 2 amide bonds. The summed E-state index contributed by atoms with van der Waals surface area (Å²) in [5, 5.41) is 5.83. The van der Waals surface area contributed by atoms with E-state index in [0.717, 1.165) is 51.4 Å². The van der Waals surface area contributed by atoms with E-state index in [1.54, 1.807) is 0 Å². The van der Waals surface area contributed by atoms with E-state index < -0.39 is 0 Å². The van der Waals surface area contributed by atoms with E-state index in [1.807, 2.05) is 0 Å². The summed E-state index contributed by atoms with van der Waals surface area (Å²) in [6.07, 6.45) is 14.3. The molecule has 2 unspecified atom stereocenters. The fourth-order valence-corrected chi connectivity index (χ4v) is 3.94. The third-order valence-electron chi connectivity index (χ3n) is 6.23. The third-order valence-corrected chi connectivity index (χ3v) is 6.23. The molecule has 2 atom stereocenters. The minimum Gasteiger partial charge on any atom is -0.380 e. The Morgan fingerprint density at radius 1 is 0.657 bits per heavy atom. The van der Waals surface area contributed by atoms with Crippen molar-refractivity contribution in [2.75, 3.05) is 46.1 Å². The molecule has 0 aliphatic carbocycles. The van der Waals surface area contributed by atoms with Crippen LogP contribution in [-0.4, -0.2) is 64.0 Å². The molecule has 0 fully saturated rings. The summed E-state index contributed by atoms with van der Waals surface area (Å²) in [4.78, 5) is 24.0. The fraction of sp³-hybridized carbons (Fsp3) is 0.929. The highest BCUT2D eigenvalue weighted by molar-refractivity contribution is 5.78. The van der Waals surface area contributed by atoms with Gasteiger partial charge in [0.2, 0.25) is 11.8 Å². The maximum atomic E-state index is 12.0. The largest absolute Gasteiger partial charge is 0.380 e. The first-order chi connectivity index (χ1) is 17.1. The second-order valence-electron chi connectivity index (χ2n) is 9.36. The van der Waals surface area contributed by atoms with Crippen molar-refractivity contribution in [2.24, 2.45) is 5.92 Å². The Balaban J connectivity index is 3.46. The molecular formula is C28H56N2O5. The second kappa shape index (κ2) is 25.9. The number of amides is 2. The lowest BCUT2D eigenvalue weighted by molar-refractivity contribution is -0.128. The predicted molar refractivity (Wildman–Crippen MR) is 144 cm³/mol. The zero-order chi connectivity index (χ0) is 26.0. The van der Waals surface area contributed by atoms with Gasteiger partial charge < -0.3 is 24.8 Å². The number of rotatable bonds is 26. The zero-order valence-corrected chi connectivity index (χ0v) is 23.3. The smallest absolute Gasteiger partial charge is 0.246 e. The molecule has 0 radical (unpaired) electrons. The number of nitrogens with one attached hydrogen (secondary N) is 2. The van der Waals surface area contributed by atoms with Crippen molar-refractivity contribution in [1.82, 2.24) is 10.6 Å². The number of carbonyl (C=O) groups is 2. The minimum absolute atomic E-state index is 0.0676. The molecule has 0 heterocycles. The Kier molecular flexibility index (Phi) is 25.0. The van der Waals surface area contributed by atoms with E-state index in [9.17, 15) is 9.59 Å². The van der Waals surface area contributed by atoms with Gasteiger partial charge in [-0.15, -0.1) is 0 Å². The van der Waals surface area contributed by atoms with E-state index in [-0.39, 0.29) is 30.4 Å². The average Bonchev–Trinajstić information content (AvgIpc) is 2.86. The molecule has 2 N–H and O–H groups in total. The maximum absolute atomic E-state index is 12.0. The SMILES string of the molecule is CCCCCCCC(CC)OCC(=O)NCCOCCCCCOCCNC(=O)C(CC)CCC. The quantitative estimate of drug-likeness (QED) is 0.155. The highest BCUT2D eigenvalue weighted by Gasteiger charge is 2.14. The van der Waals surface area contributed by atoms with Crippen LogP contribution < -0.4 is 10.6 Å². The van der Waals surface area contributed by atoms with Gasteiger partial charge in [-0.1, -0.05) is 66.2 Å². The summed E-state index contributed by atoms with van der Waals surface area (Å²) in [6.45, 7) is 12.2.